The van der Waals surface area contributed by atoms with E-state index in [0.29, 0.717) is 5.92 Å². The van der Waals surface area contributed by atoms with Crippen molar-refractivity contribution < 1.29 is 9.90 Å². The topological polar surface area (TPSA) is 37.3 Å². The van der Waals surface area contributed by atoms with Crippen LogP contribution in [0.1, 0.15) is 68.9 Å². The van der Waals surface area contributed by atoms with Crippen molar-refractivity contribution in [3.8, 4) is 0 Å². The number of rotatable bonds is 6. The number of aliphatic carboxylic acids is 1. The highest BCUT2D eigenvalue weighted by Gasteiger charge is 2.26. The minimum absolute atomic E-state index is 0.112. The molecule has 1 aromatic rings. The van der Waals surface area contributed by atoms with Crippen molar-refractivity contribution in [2.45, 2.75) is 64.2 Å². The fourth-order valence-corrected chi connectivity index (χ4v) is 3.21. The number of hydrogen-bond donors (Lipinski definition) is 1. The van der Waals surface area contributed by atoms with Gasteiger partial charge in [0, 0.05) is 0 Å². The lowest BCUT2D eigenvalue weighted by molar-refractivity contribution is -0.142. The molecule has 0 amide bonds. The van der Waals surface area contributed by atoms with Gasteiger partial charge < -0.3 is 5.11 Å². The average Bonchev–Trinajstić information content (AvgIpc) is 2.48. The van der Waals surface area contributed by atoms with Crippen molar-refractivity contribution in [3.05, 3.63) is 35.4 Å². The van der Waals surface area contributed by atoms with Crippen LogP contribution >= 0.6 is 0 Å². The molecule has 0 saturated heterocycles. The Kier molecular flexibility index (Phi) is 5.63. The quantitative estimate of drug-likeness (QED) is 0.758. The first-order valence-electron chi connectivity index (χ1n) is 8.02. The second-order valence-corrected chi connectivity index (χ2v) is 6.09. The Hall–Kier alpha value is -1.31. The number of aryl methyl sites for hydroxylation is 1. The molecule has 1 aromatic carbocycles. The Morgan fingerprint density at radius 2 is 1.75 bits per heavy atom. The monoisotopic (exact) mass is 274 g/mol. The van der Waals surface area contributed by atoms with Gasteiger partial charge in [-0.15, -0.1) is 0 Å². The molecule has 0 unspecified atom stereocenters. The van der Waals surface area contributed by atoms with Crippen molar-refractivity contribution >= 4 is 5.97 Å². The largest absolute Gasteiger partial charge is 0.481 e. The molecule has 0 spiro atoms. The van der Waals surface area contributed by atoms with E-state index in [2.05, 4.69) is 31.2 Å². The van der Waals surface area contributed by atoms with Crippen molar-refractivity contribution in [2.75, 3.05) is 0 Å². The molecule has 0 aliphatic heterocycles. The summed E-state index contributed by atoms with van der Waals surface area (Å²) < 4.78 is 0. The predicted octanol–water partition coefficient (Wildman–Crippen LogP) is 4.78. The van der Waals surface area contributed by atoms with E-state index in [1.807, 2.05) is 0 Å². The molecule has 1 saturated carbocycles. The van der Waals surface area contributed by atoms with Gasteiger partial charge in [0.15, 0.2) is 0 Å². The first-order chi connectivity index (χ1) is 9.70. The molecule has 0 atom stereocenters. The van der Waals surface area contributed by atoms with E-state index < -0.39 is 5.97 Å². The summed E-state index contributed by atoms with van der Waals surface area (Å²) in [5, 5.41) is 9.03. The Morgan fingerprint density at radius 1 is 1.10 bits per heavy atom. The fraction of sp³-hybridized carbons (Fsp3) is 0.611. The van der Waals surface area contributed by atoms with Crippen molar-refractivity contribution in [2.24, 2.45) is 5.92 Å². The van der Waals surface area contributed by atoms with Crippen molar-refractivity contribution in [3.63, 3.8) is 0 Å². The maximum absolute atomic E-state index is 11.0. The summed E-state index contributed by atoms with van der Waals surface area (Å²) in [6.45, 7) is 2.23. The lowest BCUT2D eigenvalue weighted by Crippen LogP contribution is -2.20. The lowest BCUT2D eigenvalue weighted by atomic mass is 9.78. The molecule has 1 N–H and O–H groups in total. The van der Waals surface area contributed by atoms with E-state index in [9.17, 15) is 4.79 Å². The molecule has 2 nitrogen and oxygen atoms in total. The molecule has 1 aliphatic carbocycles. The summed E-state index contributed by atoms with van der Waals surface area (Å²) in [5.74, 6) is -0.162. The minimum atomic E-state index is -0.616. The van der Waals surface area contributed by atoms with Crippen LogP contribution in [0.25, 0.3) is 0 Å². The van der Waals surface area contributed by atoms with Gasteiger partial charge in [0.2, 0.25) is 0 Å². The third-order valence-corrected chi connectivity index (χ3v) is 4.60. The zero-order chi connectivity index (χ0) is 14.4. The van der Waals surface area contributed by atoms with Gasteiger partial charge >= 0.3 is 5.97 Å². The Balaban J connectivity index is 1.86. The number of hydrogen-bond acceptors (Lipinski definition) is 1. The van der Waals surface area contributed by atoms with E-state index >= 15 is 0 Å². The minimum Gasteiger partial charge on any atom is -0.481 e. The Morgan fingerprint density at radius 3 is 2.30 bits per heavy atom. The molecule has 2 heteroatoms. The summed E-state index contributed by atoms with van der Waals surface area (Å²) in [4.78, 5) is 11.0. The van der Waals surface area contributed by atoms with Crippen LogP contribution < -0.4 is 0 Å². The number of unbranched alkanes of at least 4 members (excludes halogenated alkanes) is 2. The first-order valence-corrected chi connectivity index (χ1v) is 8.02. The van der Waals surface area contributed by atoms with Crippen LogP contribution in [0.3, 0.4) is 0 Å². The van der Waals surface area contributed by atoms with Crippen LogP contribution in [0.2, 0.25) is 0 Å². The van der Waals surface area contributed by atoms with Crippen molar-refractivity contribution in [1.82, 2.24) is 0 Å². The lowest BCUT2D eigenvalue weighted by Gasteiger charge is -2.26. The zero-order valence-electron chi connectivity index (χ0n) is 12.5. The molecule has 0 bridgehead atoms. The van der Waals surface area contributed by atoms with Gasteiger partial charge in [0.1, 0.15) is 0 Å². The van der Waals surface area contributed by atoms with Crippen LogP contribution in [0.4, 0.5) is 0 Å². The molecule has 1 fully saturated rings. The molecule has 2 rings (SSSR count). The maximum atomic E-state index is 11.0. The second kappa shape index (κ2) is 7.47. The Bertz CT molecular complexity index is 414. The van der Waals surface area contributed by atoms with E-state index in [1.165, 1.54) is 36.8 Å². The van der Waals surface area contributed by atoms with Gasteiger partial charge in [0.05, 0.1) is 5.92 Å². The van der Waals surface area contributed by atoms with Crippen LogP contribution in [0.15, 0.2) is 24.3 Å². The van der Waals surface area contributed by atoms with Gasteiger partial charge in [-0.2, -0.15) is 0 Å². The molecule has 110 valence electrons. The molecule has 20 heavy (non-hydrogen) atoms. The second-order valence-electron chi connectivity index (χ2n) is 6.09. The smallest absolute Gasteiger partial charge is 0.306 e. The van der Waals surface area contributed by atoms with E-state index in [4.69, 9.17) is 5.11 Å². The van der Waals surface area contributed by atoms with Crippen LogP contribution in [0, 0.1) is 5.92 Å². The number of carboxylic acids is 1. The van der Waals surface area contributed by atoms with E-state index in [-0.39, 0.29) is 5.92 Å². The number of benzene rings is 1. The zero-order valence-corrected chi connectivity index (χ0v) is 12.5. The molecule has 0 heterocycles. The average molecular weight is 274 g/mol. The van der Waals surface area contributed by atoms with Crippen LogP contribution in [-0.2, 0) is 11.2 Å². The highest BCUT2D eigenvalue weighted by Crippen LogP contribution is 2.35. The predicted molar refractivity (Wildman–Crippen MR) is 82.0 cm³/mol. The summed E-state index contributed by atoms with van der Waals surface area (Å²) in [6, 6.07) is 9.03. The molecular weight excluding hydrogens is 248 g/mol. The Labute approximate surface area is 122 Å². The third kappa shape index (κ3) is 4.09. The highest BCUT2D eigenvalue weighted by molar-refractivity contribution is 5.70. The van der Waals surface area contributed by atoms with Gasteiger partial charge in [-0.05, 0) is 55.6 Å². The van der Waals surface area contributed by atoms with Crippen LogP contribution in [-0.4, -0.2) is 11.1 Å². The third-order valence-electron chi connectivity index (χ3n) is 4.60. The maximum Gasteiger partial charge on any atom is 0.306 e. The molecule has 0 aromatic heterocycles. The van der Waals surface area contributed by atoms with Crippen molar-refractivity contribution in [1.29, 1.82) is 0 Å². The molecule has 1 aliphatic rings. The SMILES string of the molecule is CCCCCc1ccc([C@H]2CC[C@H](C(=O)O)CC2)cc1. The van der Waals surface area contributed by atoms with Gasteiger partial charge in [-0.3, -0.25) is 4.79 Å². The standard InChI is InChI=1S/C18H26O2/c1-2-3-4-5-14-6-8-15(9-7-14)16-10-12-17(13-11-16)18(19)20/h6-9,16-17H,2-5,10-13H2,1H3,(H,19,20)/t16-,17-. The van der Waals surface area contributed by atoms with Gasteiger partial charge in [-0.1, -0.05) is 44.0 Å². The summed E-state index contributed by atoms with van der Waals surface area (Å²) in [6.07, 6.45) is 8.74. The van der Waals surface area contributed by atoms with Crippen LogP contribution in [0.5, 0.6) is 0 Å². The summed E-state index contributed by atoms with van der Waals surface area (Å²) >= 11 is 0. The first kappa shape index (κ1) is 15.1. The number of carboxylic acid groups (broad SMARTS) is 1. The van der Waals surface area contributed by atoms with Gasteiger partial charge in [-0.25, -0.2) is 0 Å². The summed E-state index contributed by atoms with van der Waals surface area (Å²) in [7, 11) is 0. The number of carbonyl (C=O) groups is 1. The van der Waals surface area contributed by atoms with E-state index in [0.717, 1.165) is 25.7 Å². The highest BCUT2D eigenvalue weighted by atomic mass is 16.4. The summed E-state index contributed by atoms with van der Waals surface area (Å²) in [5.41, 5.74) is 2.83. The normalized spacial score (nSPS) is 22.6. The fourth-order valence-electron chi connectivity index (χ4n) is 3.21. The molecule has 0 radical (unpaired) electrons. The van der Waals surface area contributed by atoms with Gasteiger partial charge in [0.25, 0.3) is 0 Å². The van der Waals surface area contributed by atoms with E-state index in [1.54, 1.807) is 0 Å². The molecular formula is C18H26O2.